The first-order valence-corrected chi connectivity index (χ1v) is 4.99. The molecule has 84 valence electrons. The molecular weight excluding hydrogens is 188 g/mol. The number of terminal acetylenes is 1. The topological polar surface area (TPSA) is 32.3 Å². The lowest BCUT2D eigenvalue weighted by atomic mass is 10.1. The molecule has 0 aromatic rings. The van der Waals surface area contributed by atoms with Gasteiger partial charge in [-0.2, -0.15) is 0 Å². The fourth-order valence-corrected chi connectivity index (χ4v) is 1.22. The molecule has 0 spiro atoms. The molecule has 1 N–H and O–H groups in total. The highest BCUT2D eigenvalue weighted by Gasteiger charge is 2.24. The van der Waals surface area contributed by atoms with Crippen molar-refractivity contribution in [3.8, 4) is 12.3 Å². The van der Waals surface area contributed by atoms with Crippen molar-refractivity contribution in [2.75, 3.05) is 19.6 Å². The summed E-state index contributed by atoms with van der Waals surface area (Å²) in [6.45, 7) is 10.9. The highest BCUT2D eigenvalue weighted by atomic mass is 16.2. The minimum absolute atomic E-state index is 0.0395. The van der Waals surface area contributed by atoms with E-state index in [-0.39, 0.29) is 18.0 Å². The largest absolute Gasteiger partial charge is 0.333 e. The van der Waals surface area contributed by atoms with Crippen LogP contribution >= 0.6 is 0 Å². The molecular formula is C12H20N2O. The lowest BCUT2D eigenvalue weighted by Crippen LogP contribution is -2.49. The van der Waals surface area contributed by atoms with Gasteiger partial charge in [0.25, 0.3) is 0 Å². The summed E-state index contributed by atoms with van der Waals surface area (Å²) in [4.78, 5) is 13.6. The number of carbonyl (C=O) groups excluding carboxylic acids is 1. The predicted octanol–water partition coefficient (Wildman–Crippen LogP) is 1.02. The zero-order valence-electron chi connectivity index (χ0n) is 9.84. The van der Waals surface area contributed by atoms with Crippen LogP contribution in [-0.4, -0.2) is 36.0 Å². The van der Waals surface area contributed by atoms with Gasteiger partial charge in [-0.3, -0.25) is 10.1 Å². The monoisotopic (exact) mass is 208 g/mol. The maximum atomic E-state index is 11.8. The zero-order valence-corrected chi connectivity index (χ0v) is 9.84. The van der Waals surface area contributed by atoms with Gasteiger partial charge in [0.05, 0.1) is 13.1 Å². The van der Waals surface area contributed by atoms with Gasteiger partial charge in [0.15, 0.2) is 0 Å². The number of nitrogens with one attached hydrogen (secondary N) is 1. The van der Waals surface area contributed by atoms with Crippen LogP contribution in [0.1, 0.15) is 20.8 Å². The van der Waals surface area contributed by atoms with Gasteiger partial charge in [0, 0.05) is 12.1 Å². The van der Waals surface area contributed by atoms with Crippen LogP contribution in [0.15, 0.2) is 12.7 Å². The molecule has 0 aliphatic rings. The molecule has 3 heteroatoms. The van der Waals surface area contributed by atoms with Crippen molar-refractivity contribution >= 4 is 5.91 Å². The Morgan fingerprint density at radius 3 is 2.60 bits per heavy atom. The minimum atomic E-state index is -0.191. The molecule has 0 bridgehead atoms. The van der Waals surface area contributed by atoms with Gasteiger partial charge in [-0.15, -0.1) is 13.0 Å². The van der Waals surface area contributed by atoms with E-state index in [1.807, 2.05) is 20.8 Å². The Labute approximate surface area is 92.5 Å². The summed E-state index contributed by atoms with van der Waals surface area (Å²) in [6, 6.07) is 0. The fraction of sp³-hybridized carbons (Fsp3) is 0.583. The van der Waals surface area contributed by atoms with Crippen molar-refractivity contribution in [3.05, 3.63) is 12.7 Å². The van der Waals surface area contributed by atoms with Crippen molar-refractivity contribution in [1.82, 2.24) is 10.2 Å². The second-order valence-corrected chi connectivity index (χ2v) is 4.27. The molecule has 15 heavy (non-hydrogen) atoms. The normalized spacial score (nSPS) is 10.5. The van der Waals surface area contributed by atoms with Crippen molar-refractivity contribution in [1.29, 1.82) is 0 Å². The van der Waals surface area contributed by atoms with E-state index in [1.54, 1.807) is 11.0 Å². The minimum Gasteiger partial charge on any atom is -0.333 e. The molecule has 0 unspecified atom stereocenters. The van der Waals surface area contributed by atoms with Crippen LogP contribution in [0.5, 0.6) is 0 Å². The Bertz CT molecular complexity index is 258. The van der Waals surface area contributed by atoms with E-state index in [0.717, 1.165) is 0 Å². The molecule has 0 aliphatic carbocycles. The average molecular weight is 208 g/mol. The Morgan fingerprint density at radius 1 is 1.60 bits per heavy atom. The van der Waals surface area contributed by atoms with E-state index in [0.29, 0.717) is 13.1 Å². The third-order valence-corrected chi connectivity index (χ3v) is 1.93. The zero-order chi connectivity index (χ0) is 11.9. The van der Waals surface area contributed by atoms with Crippen LogP contribution in [0.3, 0.4) is 0 Å². The quantitative estimate of drug-likeness (QED) is 0.416. The molecule has 0 aromatic heterocycles. The van der Waals surface area contributed by atoms with Crippen molar-refractivity contribution < 1.29 is 4.79 Å². The van der Waals surface area contributed by atoms with Gasteiger partial charge in [0.1, 0.15) is 0 Å². The molecule has 0 rings (SSSR count). The van der Waals surface area contributed by atoms with Crippen LogP contribution < -0.4 is 5.32 Å². The summed E-state index contributed by atoms with van der Waals surface area (Å²) in [7, 11) is 0. The molecule has 0 radical (unpaired) electrons. The SMILES string of the molecule is C#CCNCC(=O)N(CC=C)C(C)(C)C. The lowest BCUT2D eigenvalue weighted by molar-refractivity contribution is -0.134. The van der Waals surface area contributed by atoms with E-state index < -0.39 is 0 Å². The molecule has 0 saturated heterocycles. The van der Waals surface area contributed by atoms with Gasteiger partial charge in [-0.1, -0.05) is 12.0 Å². The van der Waals surface area contributed by atoms with Crippen molar-refractivity contribution in [2.24, 2.45) is 0 Å². The number of hydrogen-bond acceptors (Lipinski definition) is 2. The van der Waals surface area contributed by atoms with Crippen LogP contribution in [0, 0.1) is 12.3 Å². The van der Waals surface area contributed by atoms with Crippen LogP contribution in [0.4, 0.5) is 0 Å². The second kappa shape index (κ2) is 6.26. The standard InChI is InChI=1S/C12H20N2O/c1-6-8-13-10-11(15)14(9-7-2)12(3,4)5/h1,7,13H,2,8-10H2,3-5H3. The van der Waals surface area contributed by atoms with Gasteiger partial charge >= 0.3 is 0 Å². The number of rotatable bonds is 5. The van der Waals surface area contributed by atoms with E-state index in [4.69, 9.17) is 6.42 Å². The summed E-state index contributed by atoms with van der Waals surface area (Å²) >= 11 is 0. The Kier molecular flexibility index (Phi) is 5.73. The molecule has 0 aromatic carbocycles. The van der Waals surface area contributed by atoms with Gasteiger partial charge < -0.3 is 4.90 Å². The molecule has 0 saturated carbocycles. The summed E-state index contributed by atoms with van der Waals surface area (Å²) < 4.78 is 0. The third kappa shape index (κ3) is 5.24. The summed E-state index contributed by atoms with van der Waals surface area (Å²) in [5.41, 5.74) is -0.191. The molecule has 0 atom stereocenters. The lowest BCUT2D eigenvalue weighted by Gasteiger charge is -2.35. The molecule has 0 aliphatic heterocycles. The van der Waals surface area contributed by atoms with Crippen molar-refractivity contribution in [3.63, 3.8) is 0 Å². The maximum absolute atomic E-state index is 11.8. The first kappa shape index (κ1) is 13.7. The van der Waals surface area contributed by atoms with Crippen LogP contribution in [0.2, 0.25) is 0 Å². The summed E-state index contributed by atoms with van der Waals surface area (Å²) in [5.74, 6) is 2.47. The van der Waals surface area contributed by atoms with E-state index in [9.17, 15) is 4.79 Å². The molecule has 3 nitrogen and oxygen atoms in total. The molecule has 0 heterocycles. The van der Waals surface area contributed by atoms with Gasteiger partial charge in [-0.25, -0.2) is 0 Å². The summed E-state index contributed by atoms with van der Waals surface area (Å²) in [6.07, 6.45) is 6.81. The van der Waals surface area contributed by atoms with E-state index >= 15 is 0 Å². The van der Waals surface area contributed by atoms with Crippen LogP contribution in [-0.2, 0) is 4.79 Å². The fourth-order valence-electron chi connectivity index (χ4n) is 1.22. The number of hydrogen-bond donors (Lipinski definition) is 1. The predicted molar refractivity (Wildman–Crippen MR) is 63.4 cm³/mol. The maximum Gasteiger partial charge on any atom is 0.237 e. The first-order chi connectivity index (χ1) is 6.93. The van der Waals surface area contributed by atoms with E-state index in [2.05, 4.69) is 17.8 Å². The highest BCUT2D eigenvalue weighted by Crippen LogP contribution is 2.12. The summed E-state index contributed by atoms with van der Waals surface area (Å²) in [5, 5.41) is 2.88. The Morgan fingerprint density at radius 2 is 2.20 bits per heavy atom. The number of carbonyl (C=O) groups is 1. The molecule has 1 amide bonds. The van der Waals surface area contributed by atoms with Gasteiger partial charge in [0.2, 0.25) is 5.91 Å². The first-order valence-electron chi connectivity index (χ1n) is 4.99. The average Bonchev–Trinajstić information content (AvgIpc) is 2.12. The van der Waals surface area contributed by atoms with E-state index in [1.165, 1.54) is 0 Å². The number of amides is 1. The van der Waals surface area contributed by atoms with Crippen LogP contribution in [0.25, 0.3) is 0 Å². The highest BCUT2D eigenvalue weighted by molar-refractivity contribution is 5.79. The van der Waals surface area contributed by atoms with Gasteiger partial charge in [-0.05, 0) is 20.8 Å². The molecule has 0 fully saturated rings. The Balaban J connectivity index is 4.31. The Hall–Kier alpha value is -1.27. The van der Waals surface area contributed by atoms with Crippen molar-refractivity contribution in [2.45, 2.75) is 26.3 Å². The second-order valence-electron chi connectivity index (χ2n) is 4.27. The smallest absolute Gasteiger partial charge is 0.237 e. The number of nitrogens with zero attached hydrogens (tertiary/aromatic N) is 1. The third-order valence-electron chi connectivity index (χ3n) is 1.93.